The van der Waals surface area contributed by atoms with Crippen LogP contribution in [0.5, 0.6) is 5.75 Å². The van der Waals surface area contributed by atoms with Crippen LogP contribution in [0.25, 0.3) is 0 Å². The van der Waals surface area contributed by atoms with E-state index >= 15 is 0 Å². The Morgan fingerprint density at radius 2 is 1.88 bits per heavy atom. The lowest BCUT2D eigenvalue weighted by molar-refractivity contribution is 0.0242. The highest BCUT2D eigenvalue weighted by Crippen LogP contribution is 2.19. The van der Waals surface area contributed by atoms with Crippen molar-refractivity contribution in [1.82, 2.24) is 4.90 Å². The van der Waals surface area contributed by atoms with E-state index in [1.165, 1.54) is 6.92 Å². The first-order valence-electron chi connectivity index (χ1n) is 7.68. The van der Waals surface area contributed by atoms with Crippen LogP contribution in [0.2, 0.25) is 0 Å². The topological polar surface area (TPSA) is 70.0 Å². The van der Waals surface area contributed by atoms with Crippen LogP contribution < -0.4 is 4.74 Å². The first kappa shape index (κ1) is 18.7. The molecule has 2 aromatic rings. The third kappa shape index (κ3) is 5.15. The van der Waals surface area contributed by atoms with Gasteiger partial charge in [-0.15, -0.1) is 0 Å². The molecule has 0 radical (unpaired) electrons. The molecule has 2 rings (SSSR count). The fraction of sp³-hybridized carbons (Fsp3) is 0.278. The van der Waals surface area contributed by atoms with Crippen molar-refractivity contribution in [1.29, 1.82) is 0 Å². The van der Waals surface area contributed by atoms with E-state index in [0.717, 1.165) is 22.6 Å². The predicted octanol–water partition coefficient (Wildman–Crippen LogP) is 3.27. The number of hydrogen-bond donors (Lipinski definition) is 2. The molecule has 0 unspecified atom stereocenters. The molecule has 0 bridgehead atoms. The first-order chi connectivity index (χ1) is 11.9. The number of carbonyl (C=O) groups is 1. The lowest BCUT2D eigenvalue weighted by atomic mass is 10.1. The van der Waals surface area contributed by atoms with Crippen LogP contribution in [-0.4, -0.2) is 40.0 Å². The quantitative estimate of drug-likeness (QED) is 0.803. The van der Waals surface area contributed by atoms with Crippen LogP contribution in [0.3, 0.4) is 0 Å². The molecule has 2 atom stereocenters. The monoisotopic (exact) mass is 351 g/mol. The van der Waals surface area contributed by atoms with Crippen molar-refractivity contribution < 1.29 is 28.5 Å². The summed E-state index contributed by atoms with van der Waals surface area (Å²) < 4.78 is 31.5. The second kappa shape index (κ2) is 8.43. The molecule has 0 aromatic heterocycles. The molecule has 0 aliphatic carbocycles. The van der Waals surface area contributed by atoms with Gasteiger partial charge in [-0.25, -0.2) is 13.6 Å². The summed E-state index contributed by atoms with van der Waals surface area (Å²) in [6.07, 6.45) is -2.38. The molecule has 134 valence electrons. The van der Waals surface area contributed by atoms with E-state index in [4.69, 9.17) is 4.74 Å². The molecule has 1 amide bonds. The van der Waals surface area contributed by atoms with Crippen LogP contribution in [0.1, 0.15) is 12.5 Å². The Morgan fingerprint density at radius 1 is 1.20 bits per heavy atom. The number of ether oxygens (including phenoxy) is 1. The van der Waals surface area contributed by atoms with Crippen LogP contribution in [0.15, 0.2) is 48.5 Å². The van der Waals surface area contributed by atoms with E-state index in [-0.39, 0.29) is 18.9 Å². The number of aliphatic hydroxyl groups is 1. The maximum absolute atomic E-state index is 13.5. The highest BCUT2D eigenvalue weighted by molar-refractivity contribution is 5.65. The van der Waals surface area contributed by atoms with Crippen LogP contribution >= 0.6 is 0 Å². The summed E-state index contributed by atoms with van der Waals surface area (Å²) in [5, 5.41) is 19.6. The zero-order valence-electron chi connectivity index (χ0n) is 13.6. The summed E-state index contributed by atoms with van der Waals surface area (Å²) in [5.41, 5.74) is 0.773. The zero-order chi connectivity index (χ0) is 18.4. The lowest BCUT2D eigenvalue weighted by Gasteiger charge is -2.30. The average molecular weight is 351 g/mol. The van der Waals surface area contributed by atoms with Gasteiger partial charge < -0.3 is 14.9 Å². The van der Waals surface area contributed by atoms with E-state index in [1.54, 1.807) is 24.3 Å². The van der Waals surface area contributed by atoms with E-state index < -0.39 is 29.9 Å². The number of aliphatic hydroxyl groups excluding tert-OH is 1. The summed E-state index contributed by atoms with van der Waals surface area (Å²) in [6, 6.07) is 11.0. The van der Waals surface area contributed by atoms with Gasteiger partial charge in [-0.05, 0) is 24.6 Å². The van der Waals surface area contributed by atoms with E-state index in [2.05, 4.69) is 0 Å². The first-order valence-corrected chi connectivity index (χ1v) is 7.68. The van der Waals surface area contributed by atoms with Crippen molar-refractivity contribution in [2.75, 3.05) is 6.61 Å². The maximum atomic E-state index is 13.5. The van der Waals surface area contributed by atoms with Gasteiger partial charge in [-0.2, -0.15) is 0 Å². The van der Waals surface area contributed by atoms with Crippen molar-refractivity contribution in [3.8, 4) is 5.75 Å². The molecule has 7 heteroatoms. The summed E-state index contributed by atoms with van der Waals surface area (Å²) in [4.78, 5) is 12.6. The number of carboxylic acid groups (broad SMARTS) is 1. The summed E-state index contributed by atoms with van der Waals surface area (Å²) in [5.74, 6) is -1.84. The maximum Gasteiger partial charge on any atom is 0.407 e. The molecular formula is C18H19F2NO4. The average Bonchev–Trinajstić information content (AvgIpc) is 2.58. The smallest absolute Gasteiger partial charge is 0.407 e. The van der Waals surface area contributed by atoms with Gasteiger partial charge in [-0.1, -0.05) is 30.3 Å². The fourth-order valence-corrected chi connectivity index (χ4v) is 2.28. The van der Waals surface area contributed by atoms with Crippen LogP contribution in [0, 0.1) is 11.6 Å². The SMILES string of the molecule is C[C@@H]([C@H](O)COc1ccc(F)cc1F)N(Cc1ccccc1)C(=O)O. The molecule has 0 heterocycles. The van der Waals surface area contributed by atoms with Crippen molar-refractivity contribution >= 4 is 6.09 Å². The van der Waals surface area contributed by atoms with E-state index in [1.807, 2.05) is 6.07 Å². The minimum absolute atomic E-state index is 0.0965. The van der Waals surface area contributed by atoms with Crippen LogP contribution in [0.4, 0.5) is 13.6 Å². The molecule has 2 N–H and O–H groups in total. The Bertz CT molecular complexity index is 711. The molecule has 5 nitrogen and oxygen atoms in total. The van der Waals surface area contributed by atoms with Crippen LogP contribution in [-0.2, 0) is 6.54 Å². The Balaban J connectivity index is 2.00. The molecule has 2 aromatic carbocycles. The van der Waals surface area contributed by atoms with Gasteiger partial charge in [0.2, 0.25) is 0 Å². The van der Waals surface area contributed by atoms with Crippen molar-refractivity contribution in [3.63, 3.8) is 0 Å². The number of amides is 1. The molecular weight excluding hydrogens is 332 g/mol. The molecule has 0 aliphatic rings. The van der Waals surface area contributed by atoms with Crippen molar-refractivity contribution in [3.05, 3.63) is 65.7 Å². The Labute approximate surface area is 144 Å². The number of benzene rings is 2. The molecule has 25 heavy (non-hydrogen) atoms. The van der Waals surface area contributed by atoms with Crippen molar-refractivity contribution in [2.45, 2.75) is 25.6 Å². The summed E-state index contributed by atoms with van der Waals surface area (Å²) in [7, 11) is 0. The van der Waals surface area contributed by atoms with E-state index in [0.29, 0.717) is 6.07 Å². The number of halogens is 2. The minimum Gasteiger partial charge on any atom is -0.488 e. The standard InChI is InChI=1S/C18H19F2NO4/c1-12(21(18(23)24)10-13-5-3-2-4-6-13)16(22)11-25-17-8-7-14(19)9-15(17)20/h2-9,12,16,22H,10-11H2,1H3,(H,23,24)/t12-,16+/m0/s1. The molecule has 0 aliphatic heterocycles. The van der Waals surface area contributed by atoms with Gasteiger partial charge in [0.05, 0.1) is 6.04 Å². The number of hydrogen-bond acceptors (Lipinski definition) is 3. The Kier molecular flexibility index (Phi) is 6.30. The van der Waals surface area contributed by atoms with Gasteiger partial charge in [0.25, 0.3) is 0 Å². The second-order valence-corrected chi connectivity index (χ2v) is 5.59. The van der Waals surface area contributed by atoms with Gasteiger partial charge in [-0.3, -0.25) is 4.90 Å². The minimum atomic E-state index is -1.19. The molecule has 0 saturated carbocycles. The van der Waals surface area contributed by atoms with Crippen molar-refractivity contribution in [2.24, 2.45) is 0 Å². The predicted molar refractivity (Wildman–Crippen MR) is 87.3 cm³/mol. The molecule has 0 fully saturated rings. The summed E-state index contributed by atoms with van der Waals surface area (Å²) >= 11 is 0. The second-order valence-electron chi connectivity index (χ2n) is 5.59. The summed E-state index contributed by atoms with van der Waals surface area (Å²) in [6.45, 7) is 1.30. The Hall–Kier alpha value is -2.67. The molecule has 0 spiro atoms. The largest absolute Gasteiger partial charge is 0.488 e. The van der Waals surface area contributed by atoms with Gasteiger partial charge in [0.1, 0.15) is 18.5 Å². The normalized spacial score (nSPS) is 13.1. The van der Waals surface area contributed by atoms with Gasteiger partial charge in [0, 0.05) is 12.6 Å². The highest BCUT2D eigenvalue weighted by atomic mass is 19.1. The third-order valence-electron chi connectivity index (χ3n) is 3.79. The lowest BCUT2D eigenvalue weighted by Crippen LogP contribution is -2.46. The highest BCUT2D eigenvalue weighted by Gasteiger charge is 2.26. The van der Waals surface area contributed by atoms with Gasteiger partial charge in [0.15, 0.2) is 11.6 Å². The Morgan fingerprint density at radius 3 is 2.48 bits per heavy atom. The van der Waals surface area contributed by atoms with E-state index in [9.17, 15) is 23.8 Å². The molecule has 0 saturated heterocycles. The third-order valence-corrected chi connectivity index (χ3v) is 3.79. The van der Waals surface area contributed by atoms with Gasteiger partial charge >= 0.3 is 6.09 Å². The fourth-order valence-electron chi connectivity index (χ4n) is 2.28. The zero-order valence-corrected chi connectivity index (χ0v) is 13.6. The number of rotatable bonds is 7. The number of nitrogens with zero attached hydrogens (tertiary/aromatic N) is 1.